The van der Waals surface area contributed by atoms with Crippen LogP contribution < -0.4 is 5.32 Å². The molecule has 1 fully saturated rings. The molecular formula is C20H19N5O6S2. The molecule has 1 N–H and O–H groups in total. The molecule has 3 heterocycles. The van der Waals surface area contributed by atoms with Crippen molar-refractivity contribution < 1.29 is 27.5 Å². The molecule has 33 heavy (non-hydrogen) atoms. The van der Waals surface area contributed by atoms with Gasteiger partial charge in [0.2, 0.25) is 10.0 Å². The number of ether oxygens (including phenoxy) is 2. The molecular weight excluding hydrogens is 470 g/mol. The Labute approximate surface area is 193 Å². The van der Waals surface area contributed by atoms with Crippen molar-refractivity contribution in [2.24, 2.45) is 0 Å². The zero-order valence-corrected chi connectivity index (χ0v) is 18.8. The summed E-state index contributed by atoms with van der Waals surface area (Å²) in [6, 6.07) is 7.44. The van der Waals surface area contributed by atoms with E-state index in [-0.39, 0.29) is 10.6 Å². The number of benzene rings is 1. The van der Waals surface area contributed by atoms with Crippen molar-refractivity contribution in [3.8, 4) is 10.8 Å². The average molecular weight is 490 g/mol. The second-order valence-corrected chi connectivity index (χ2v) is 9.57. The predicted octanol–water partition coefficient (Wildman–Crippen LogP) is 1.42. The van der Waals surface area contributed by atoms with Crippen LogP contribution in [0.4, 0.5) is 5.69 Å². The highest BCUT2D eigenvalue weighted by Crippen LogP contribution is 2.21. The number of esters is 1. The van der Waals surface area contributed by atoms with E-state index in [9.17, 15) is 18.0 Å². The molecule has 13 heteroatoms. The maximum absolute atomic E-state index is 12.6. The van der Waals surface area contributed by atoms with Crippen molar-refractivity contribution in [3.05, 3.63) is 53.8 Å². The van der Waals surface area contributed by atoms with Gasteiger partial charge < -0.3 is 14.8 Å². The number of thiazole rings is 1. The molecule has 3 aromatic rings. The maximum atomic E-state index is 12.6. The first-order valence-electron chi connectivity index (χ1n) is 9.81. The van der Waals surface area contributed by atoms with E-state index in [1.165, 1.54) is 45.3 Å². The SMILES string of the molecule is O=C(COC(=O)c1csc(-c2ncccn2)n1)Nc1ccc(S(=O)(=O)N2CCOCC2)cc1. The van der Waals surface area contributed by atoms with Crippen molar-refractivity contribution in [1.82, 2.24) is 19.3 Å². The number of carbonyl (C=O) groups is 2. The largest absolute Gasteiger partial charge is 0.451 e. The highest BCUT2D eigenvalue weighted by molar-refractivity contribution is 7.89. The molecule has 0 saturated carbocycles. The number of anilines is 1. The number of amides is 1. The summed E-state index contributed by atoms with van der Waals surface area (Å²) in [6.45, 7) is 0.778. The Morgan fingerprint density at radius 1 is 1.12 bits per heavy atom. The van der Waals surface area contributed by atoms with E-state index in [4.69, 9.17) is 9.47 Å². The van der Waals surface area contributed by atoms with Gasteiger partial charge in [-0.1, -0.05) is 0 Å². The van der Waals surface area contributed by atoms with E-state index >= 15 is 0 Å². The van der Waals surface area contributed by atoms with Gasteiger partial charge in [0.1, 0.15) is 0 Å². The van der Waals surface area contributed by atoms with Crippen LogP contribution in [0.25, 0.3) is 10.8 Å². The van der Waals surface area contributed by atoms with Crippen LogP contribution >= 0.6 is 11.3 Å². The number of nitrogens with one attached hydrogen (secondary N) is 1. The van der Waals surface area contributed by atoms with E-state index in [1.807, 2.05) is 0 Å². The molecule has 0 spiro atoms. The zero-order chi connectivity index (χ0) is 23.3. The second-order valence-electron chi connectivity index (χ2n) is 6.78. The Balaban J connectivity index is 1.30. The van der Waals surface area contributed by atoms with Gasteiger partial charge in [0, 0.05) is 36.6 Å². The van der Waals surface area contributed by atoms with Gasteiger partial charge in [0.25, 0.3) is 5.91 Å². The molecule has 11 nitrogen and oxygen atoms in total. The van der Waals surface area contributed by atoms with Crippen molar-refractivity contribution >= 4 is 38.9 Å². The first-order chi connectivity index (χ1) is 15.9. The van der Waals surface area contributed by atoms with Crippen molar-refractivity contribution in [2.45, 2.75) is 4.90 Å². The molecule has 2 aromatic heterocycles. The third-order valence-corrected chi connectivity index (χ3v) is 7.30. The van der Waals surface area contributed by atoms with Gasteiger partial charge in [0.05, 0.1) is 18.1 Å². The van der Waals surface area contributed by atoms with Crippen LogP contribution in [0.2, 0.25) is 0 Å². The molecule has 1 saturated heterocycles. The summed E-state index contributed by atoms with van der Waals surface area (Å²) in [4.78, 5) is 36.7. The second kappa shape index (κ2) is 10.1. The van der Waals surface area contributed by atoms with E-state index in [0.29, 0.717) is 42.8 Å². The van der Waals surface area contributed by atoms with E-state index < -0.39 is 28.5 Å². The number of rotatable bonds is 7. The van der Waals surface area contributed by atoms with Crippen molar-refractivity contribution in [1.29, 1.82) is 0 Å². The van der Waals surface area contributed by atoms with Crippen molar-refractivity contribution in [3.63, 3.8) is 0 Å². The normalized spacial score (nSPS) is 14.5. The smallest absolute Gasteiger partial charge is 0.358 e. The van der Waals surface area contributed by atoms with Gasteiger partial charge in [-0.15, -0.1) is 11.3 Å². The number of morpholine rings is 1. The Kier molecular flexibility index (Phi) is 7.03. The van der Waals surface area contributed by atoms with Crippen LogP contribution in [0.5, 0.6) is 0 Å². The lowest BCUT2D eigenvalue weighted by Gasteiger charge is -2.26. The summed E-state index contributed by atoms with van der Waals surface area (Å²) in [5.41, 5.74) is 0.419. The highest BCUT2D eigenvalue weighted by Gasteiger charge is 2.26. The summed E-state index contributed by atoms with van der Waals surface area (Å²) in [7, 11) is -3.62. The topological polar surface area (TPSA) is 141 Å². The molecule has 1 amide bonds. The van der Waals surface area contributed by atoms with Crippen LogP contribution in [0.1, 0.15) is 10.5 Å². The number of nitrogens with zero attached hydrogens (tertiary/aromatic N) is 4. The average Bonchev–Trinajstić information content (AvgIpc) is 3.35. The van der Waals surface area contributed by atoms with Crippen LogP contribution in [0.15, 0.2) is 53.0 Å². The van der Waals surface area contributed by atoms with Crippen LogP contribution in [0, 0.1) is 0 Å². The first kappa shape index (κ1) is 22.9. The minimum absolute atomic E-state index is 0.0490. The van der Waals surface area contributed by atoms with Gasteiger partial charge in [-0.3, -0.25) is 4.79 Å². The molecule has 0 unspecified atom stereocenters. The lowest BCUT2D eigenvalue weighted by Crippen LogP contribution is -2.40. The van der Waals surface area contributed by atoms with Gasteiger partial charge in [-0.05, 0) is 30.3 Å². The minimum atomic E-state index is -3.62. The molecule has 4 rings (SSSR count). The minimum Gasteiger partial charge on any atom is -0.451 e. The molecule has 0 radical (unpaired) electrons. The summed E-state index contributed by atoms with van der Waals surface area (Å²) in [6.07, 6.45) is 3.13. The van der Waals surface area contributed by atoms with E-state index in [1.54, 1.807) is 18.5 Å². The van der Waals surface area contributed by atoms with Gasteiger partial charge in [0.15, 0.2) is 23.1 Å². The number of aromatic nitrogens is 3. The van der Waals surface area contributed by atoms with Gasteiger partial charge >= 0.3 is 5.97 Å². The lowest BCUT2D eigenvalue weighted by atomic mass is 10.3. The quantitative estimate of drug-likeness (QED) is 0.488. The monoisotopic (exact) mass is 489 g/mol. The number of carbonyl (C=O) groups excluding carboxylic acids is 2. The molecule has 0 aliphatic carbocycles. The molecule has 1 aliphatic rings. The van der Waals surface area contributed by atoms with Crippen LogP contribution in [0.3, 0.4) is 0 Å². The fourth-order valence-corrected chi connectivity index (χ4v) is 5.07. The van der Waals surface area contributed by atoms with E-state index in [0.717, 1.165) is 0 Å². The molecule has 1 aliphatic heterocycles. The Hall–Kier alpha value is -3.26. The Morgan fingerprint density at radius 2 is 1.82 bits per heavy atom. The summed E-state index contributed by atoms with van der Waals surface area (Å²) in [5.74, 6) is -0.942. The summed E-state index contributed by atoms with van der Waals surface area (Å²) < 4.78 is 36.8. The molecule has 172 valence electrons. The van der Waals surface area contributed by atoms with Crippen LogP contribution in [-0.2, 0) is 24.3 Å². The Bertz CT molecular complexity index is 1230. The number of hydrogen-bond acceptors (Lipinski definition) is 10. The van der Waals surface area contributed by atoms with Gasteiger partial charge in [-0.2, -0.15) is 4.31 Å². The highest BCUT2D eigenvalue weighted by atomic mass is 32.2. The maximum Gasteiger partial charge on any atom is 0.358 e. The first-order valence-corrected chi connectivity index (χ1v) is 12.1. The Morgan fingerprint density at radius 3 is 2.52 bits per heavy atom. The molecule has 1 aromatic carbocycles. The van der Waals surface area contributed by atoms with Crippen LogP contribution in [-0.4, -0.2) is 72.5 Å². The fourth-order valence-electron chi connectivity index (χ4n) is 2.93. The van der Waals surface area contributed by atoms with Crippen molar-refractivity contribution in [2.75, 3.05) is 38.2 Å². The summed E-state index contributed by atoms with van der Waals surface area (Å²) in [5, 5.41) is 4.51. The third kappa shape index (κ3) is 5.57. The number of sulfonamides is 1. The van der Waals surface area contributed by atoms with Gasteiger partial charge in [-0.25, -0.2) is 28.2 Å². The van der Waals surface area contributed by atoms with E-state index in [2.05, 4.69) is 20.3 Å². The summed E-state index contributed by atoms with van der Waals surface area (Å²) >= 11 is 1.18. The third-order valence-electron chi connectivity index (χ3n) is 4.55. The number of hydrogen-bond donors (Lipinski definition) is 1. The predicted molar refractivity (Wildman–Crippen MR) is 118 cm³/mol. The lowest BCUT2D eigenvalue weighted by molar-refractivity contribution is -0.119. The molecule has 0 bridgehead atoms. The molecule has 0 atom stereocenters. The standard InChI is InChI=1S/C20H19N5O6S2/c26-17(12-31-20(27)16-13-32-19(24-16)18-21-6-1-7-22-18)23-14-2-4-15(5-3-14)33(28,29)25-8-10-30-11-9-25/h1-7,13H,8-12H2,(H,23,26). The zero-order valence-electron chi connectivity index (χ0n) is 17.2. The fraction of sp³-hybridized carbons (Fsp3) is 0.250.